The van der Waals surface area contributed by atoms with E-state index in [9.17, 15) is 4.79 Å². The second-order valence-corrected chi connectivity index (χ2v) is 3.90. The lowest BCUT2D eigenvalue weighted by molar-refractivity contribution is -0.143. The first-order valence-corrected chi connectivity index (χ1v) is 5.56. The minimum Gasteiger partial charge on any atom is -0.466 e. The fourth-order valence-electron chi connectivity index (χ4n) is 1.62. The molecule has 3 atom stereocenters. The lowest BCUT2D eigenvalue weighted by atomic mass is 10.00. The Morgan fingerprint density at radius 2 is 2.33 bits per heavy atom. The van der Waals surface area contributed by atoms with Gasteiger partial charge in [0.25, 0.3) is 0 Å². The summed E-state index contributed by atoms with van der Waals surface area (Å²) < 4.78 is 15.7. The van der Waals surface area contributed by atoms with Crippen molar-refractivity contribution in [2.45, 2.75) is 46.0 Å². The molecule has 0 radical (unpaired) electrons. The highest BCUT2D eigenvalue weighted by Gasteiger charge is 2.27. The third kappa shape index (κ3) is 4.18. The lowest BCUT2D eigenvalue weighted by Crippen LogP contribution is -2.21. The maximum atomic E-state index is 11.1. The van der Waals surface area contributed by atoms with Crippen LogP contribution in [0.2, 0.25) is 0 Å². The number of esters is 1. The van der Waals surface area contributed by atoms with Crippen LogP contribution in [0.4, 0.5) is 0 Å². The van der Waals surface area contributed by atoms with Crippen LogP contribution in [-0.4, -0.2) is 31.6 Å². The van der Waals surface area contributed by atoms with E-state index in [1.54, 1.807) is 0 Å². The Balaban J connectivity index is 2.18. The van der Waals surface area contributed by atoms with Crippen molar-refractivity contribution < 1.29 is 19.0 Å². The summed E-state index contributed by atoms with van der Waals surface area (Å²) in [5, 5.41) is 0. The van der Waals surface area contributed by atoms with Crippen LogP contribution in [0.1, 0.15) is 33.6 Å². The molecule has 0 spiro atoms. The van der Waals surface area contributed by atoms with E-state index >= 15 is 0 Å². The van der Waals surface area contributed by atoms with Gasteiger partial charge in [0.05, 0.1) is 19.3 Å². The van der Waals surface area contributed by atoms with Gasteiger partial charge in [-0.05, 0) is 26.2 Å². The first-order chi connectivity index (χ1) is 7.13. The predicted octanol–water partition coefficient (Wildman–Crippen LogP) is 1.73. The molecule has 0 aliphatic carbocycles. The Labute approximate surface area is 90.9 Å². The molecule has 3 unspecified atom stereocenters. The Kier molecular flexibility index (Phi) is 5.05. The smallest absolute Gasteiger partial charge is 0.305 e. The van der Waals surface area contributed by atoms with E-state index in [1.807, 2.05) is 13.8 Å². The highest BCUT2D eigenvalue weighted by atomic mass is 16.7. The van der Waals surface area contributed by atoms with Crippen molar-refractivity contribution in [3.8, 4) is 0 Å². The van der Waals surface area contributed by atoms with Gasteiger partial charge < -0.3 is 14.2 Å². The quantitative estimate of drug-likeness (QED) is 0.656. The summed E-state index contributed by atoms with van der Waals surface area (Å²) in [5.41, 5.74) is 0. The average Bonchev–Trinajstić information content (AvgIpc) is 2.62. The molecule has 0 aromatic rings. The summed E-state index contributed by atoms with van der Waals surface area (Å²) in [6, 6.07) is 0. The molecule has 0 aromatic carbocycles. The maximum absolute atomic E-state index is 11.1. The van der Waals surface area contributed by atoms with Gasteiger partial charge in [-0.1, -0.05) is 6.92 Å². The molecule has 1 heterocycles. The van der Waals surface area contributed by atoms with Crippen LogP contribution in [0, 0.1) is 5.92 Å². The maximum Gasteiger partial charge on any atom is 0.305 e. The molecule has 0 bridgehead atoms. The van der Waals surface area contributed by atoms with E-state index in [1.165, 1.54) is 0 Å². The van der Waals surface area contributed by atoms with Crippen molar-refractivity contribution in [1.82, 2.24) is 0 Å². The number of carbonyl (C=O) groups excluding carboxylic acids is 1. The minimum absolute atomic E-state index is 0.111. The summed E-state index contributed by atoms with van der Waals surface area (Å²) in [4.78, 5) is 11.1. The number of ether oxygens (including phenoxy) is 3. The lowest BCUT2D eigenvalue weighted by Gasteiger charge is -2.16. The Hall–Kier alpha value is -0.610. The molecule has 0 aromatic heterocycles. The van der Waals surface area contributed by atoms with Gasteiger partial charge >= 0.3 is 5.97 Å². The van der Waals surface area contributed by atoms with Gasteiger partial charge in [-0.3, -0.25) is 4.79 Å². The Bertz CT molecular complexity index is 205. The largest absolute Gasteiger partial charge is 0.466 e. The van der Waals surface area contributed by atoms with Gasteiger partial charge in [0.2, 0.25) is 0 Å². The van der Waals surface area contributed by atoms with Crippen LogP contribution in [0.15, 0.2) is 0 Å². The van der Waals surface area contributed by atoms with Crippen LogP contribution in [0.5, 0.6) is 0 Å². The molecule has 1 fully saturated rings. The summed E-state index contributed by atoms with van der Waals surface area (Å²) >= 11 is 0. The minimum atomic E-state index is -0.128. The van der Waals surface area contributed by atoms with Crippen LogP contribution in [0.25, 0.3) is 0 Å². The highest BCUT2D eigenvalue weighted by molar-refractivity contribution is 5.69. The first-order valence-electron chi connectivity index (χ1n) is 5.56. The van der Waals surface area contributed by atoms with E-state index < -0.39 is 0 Å². The van der Waals surface area contributed by atoms with Crippen molar-refractivity contribution >= 4 is 5.97 Å². The SMILES string of the molecule is CCOC(=O)CCC(C)C1COC(C)O1. The van der Waals surface area contributed by atoms with Crippen molar-refractivity contribution in [2.24, 2.45) is 5.92 Å². The molecule has 0 amide bonds. The van der Waals surface area contributed by atoms with E-state index in [-0.39, 0.29) is 18.4 Å². The third-order valence-electron chi connectivity index (χ3n) is 2.61. The first kappa shape index (κ1) is 12.5. The Morgan fingerprint density at radius 3 is 2.87 bits per heavy atom. The van der Waals surface area contributed by atoms with Gasteiger partial charge in [0, 0.05) is 6.42 Å². The predicted molar refractivity (Wildman–Crippen MR) is 55.3 cm³/mol. The monoisotopic (exact) mass is 216 g/mol. The van der Waals surface area contributed by atoms with Crippen molar-refractivity contribution in [2.75, 3.05) is 13.2 Å². The van der Waals surface area contributed by atoms with E-state index in [0.717, 1.165) is 6.42 Å². The fourth-order valence-corrected chi connectivity index (χ4v) is 1.62. The number of hydrogen-bond donors (Lipinski definition) is 0. The van der Waals surface area contributed by atoms with Crippen LogP contribution < -0.4 is 0 Å². The van der Waals surface area contributed by atoms with E-state index in [0.29, 0.717) is 25.6 Å². The third-order valence-corrected chi connectivity index (χ3v) is 2.61. The molecule has 1 aliphatic rings. The summed E-state index contributed by atoms with van der Waals surface area (Å²) in [6.07, 6.45) is 1.26. The molecule has 1 aliphatic heterocycles. The molecular formula is C11H20O4. The molecular weight excluding hydrogens is 196 g/mol. The highest BCUT2D eigenvalue weighted by Crippen LogP contribution is 2.21. The van der Waals surface area contributed by atoms with Gasteiger partial charge in [-0.25, -0.2) is 0 Å². The number of rotatable bonds is 5. The molecule has 15 heavy (non-hydrogen) atoms. The van der Waals surface area contributed by atoms with Gasteiger partial charge in [-0.15, -0.1) is 0 Å². The fraction of sp³-hybridized carbons (Fsp3) is 0.909. The van der Waals surface area contributed by atoms with Crippen molar-refractivity contribution in [1.29, 1.82) is 0 Å². The second kappa shape index (κ2) is 6.08. The zero-order valence-corrected chi connectivity index (χ0v) is 9.69. The topological polar surface area (TPSA) is 44.8 Å². The molecule has 1 saturated heterocycles. The number of hydrogen-bond acceptors (Lipinski definition) is 4. The molecule has 88 valence electrons. The normalized spacial score (nSPS) is 27.7. The van der Waals surface area contributed by atoms with Crippen LogP contribution in [-0.2, 0) is 19.0 Å². The standard InChI is InChI=1S/C11H20O4/c1-4-13-11(12)6-5-8(2)10-7-14-9(3)15-10/h8-10H,4-7H2,1-3H3. The summed E-state index contributed by atoms with van der Waals surface area (Å²) in [5.74, 6) is 0.204. The summed E-state index contributed by atoms with van der Waals surface area (Å²) in [7, 11) is 0. The average molecular weight is 216 g/mol. The summed E-state index contributed by atoms with van der Waals surface area (Å²) in [6.45, 7) is 6.86. The van der Waals surface area contributed by atoms with E-state index in [4.69, 9.17) is 14.2 Å². The molecule has 1 rings (SSSR count). The van der Waals surface area contributed by atoms with Crippen molar-refractivity contribution in [3.05, 3.63) is 0 Å². The zero-order chi connectivity index (χ0) is 11.3. The van der Waals surface area contributed by atoms with Gasteiger partial charge in [0.15, 0.2) is 6.29 Å². The number of carbonyl (C=O) groups is 1. The van der Waals surface area contributed by atoms with E-state index in [2.05, 4.69) is 6.92 Å². The van der Waals surface area contributed by atoms with Gasteiger partial charge in [0.1, 0.15) is 0 Å². The Morgan fingerprint density at radius 1 is 1.60 bits per heavy atom. The molecule has 4 nitrogen and oxygen atoms in total. The molecule has 0 N–H and O–H groups in total. The van der Waals surface area contributed by atoms with Gasteiger partial charge in [-0.2, -0.15) is 0 Å². The molecule has 4 heteroatoms. The van der Waals surface area contributed by atoms with Crippen molar-refractivity contribution in [3.63, 3.8) is 0 Å². The second-order valence-electron chi connectivity index (χ2n) is 3.90. The van der Waals surface area contributed by atoms with Crippen LogP contribution >= 0.6 is 0 Å². The molecule has 0 saturated carbocycles. The van der Waals surface area contributed by atoms with Crippen LogP contribution in [0.3, 0.4) is 0 Å². The zero-order valence-electron chi connectivity index (χ0n) is 9.69.